The molecule has 0 heterocycles. The molecule has 9 heteroatoms. The van der Waals surface area contributed by atoms with E-state index < -0.39 is 30.2 Å². The standard InChI is InChI=1S/C18H25N3O6/c1-18(2,3)27-17(25)20-13-8-6-7-12(9-13)16(24)26-11-15(23)21(5)10-14(22)19-4/h6-9H,10-11H2,1-5H3,(H,19,22)(H,20,25). The fourth-order valence-corrected chi connectivity index (χ4v) is 1.85. The number of nitrogens with one attached hydrogen (secondary N) is 2. The van der Waals surface area contributed by atoms with Crippen LogP contribution in [-0.2, 0) is 19.1 Å². The Morgan fingerprint density at radius 3 is 2.41 bits per heavy atom. The minimum atomic E-state index is -0.732. The van der Waals surface area contributed by atoms with E-state index in [0.717, 1.165) is 4.90 Å². The van der Waals surface area contributed by atoms with E-state index in [1.54, 1.807) is 32.9 Å². The van der Waals surface area contributed by atoms with E-state index in [1.807, 2.05) is 0 Å². The normalized spacial score (nSPS) is 10.6. The van der Waals surface area contributed by atoms with Crippen LogP contribution >= 0.6 is 0 Å². The first-order chi connectivity index (χ1) is 12.5. The van der Waals surface area contributed by atoms with Crippen LogP contribution < -0.4 is 10.6 Å². The molecule has 0 aliphatic rings. The van der Waals surface area contributed by atoms with Crippen molar-refractivity contribution in [3.63, 3.8) is 0 Å². The number of amides is 3. The second kappa shape index (κ2) is 9.56. The lowest BCUT2D eigenvalue weighted by Gasteiger charge is -2.19. The maximum atomic E-state index is 12.1. The summed E-state index contributed by atoms with van der Waals surface area (Å²) in [6.45, 7) is 4.56. The summed E-state index contributed by atoms with van der Waals surface area (Å²) < 4.78 is 10.1. The van der Waals surface area contributed by atoms with Crippen LogP contribution in [-0.4, -0.2) is 61.6 Å². The minimum Gasteiger partial charge on any atom is -0.452 e. The molecule has 0 fully saturated rings. The Morgan fingerprint density at radius 2 is 1.81 bits per heavy atom. The Kier molecular flexibility index (Phi) is 7.77. The van der Waals surface area contributed by atoms with Gasteiger partial charge in [0, 0.05) is 19.8 Å². The molecule has 3 amide bonds. The summed E-state index contributed by atoms with van der Waals surface area (Å²) in [5.74, 6) is -1.59. The van der Waals surface area contributed by atoms with Crippen molar-refractivity contribution in [3.05, 3.63) is 29.8 Å². The van der Waals surface area contributed by atoms with Gasteiger partial charge in [-0.05, 0) is 39.0 Å². The molecule has 27 heavy (non-hydrogen) atoms. The number of ether oxygens (including phenoxy) is 2. The highest BCUT2D eigenvalue weighted by Gasteiger charge is 2.18. The van der Waals surface area contributed by atoms with E-state index in [9.17, 15) is 19.2 Å². The molecule has 1 aromatic carbocycles. The second-order valence-electron chi connectivity index (χ2n) is 6.71. The van der Waals surface area contributed by atoms with E-state index in [-0.39, 0.29) is 18.0 Å². The summed E-state index contributed by atoms with van der Waals surface area (Å²) in [5.41, 5.74) is -0.145. The van der Waals surface area contributed by atoms with E-state index >= 15 is 0 Å². The first-order valence-electron chi connectivity index (χ1n) is 8.23. The molecule has 0 radical (unpaired) electrons. The predicted molar refractivity (Wildman–Crippen MR) is 98.3 cm³/mol. The topological polar surface area (TPSA) is 114 Å². The lowest BCUT2D eigenvalue weighted by atomic mass is 10.2. The Morgan fingerprint density at radius 1 is 1.15 bits per heavy atom. The number of carbonyl (C=O) groups excluding carboxylic acids is 4. The fraction of sp³-hybridized carbons (Fsp3) is 0.444. The second-order valence-corrected chi connectivity index (χ2v) is 6.71. The molecule has 9 nitrogen and oxygen atoms in total. The molecular weight excluding hydrogens is 354 g/mol. The Bertz CT molecular complexity index is 711. The SMILES string of the molecule is CNC(=O)CN(C)C(=O)COC(=O)c1cccc(NC(=O)OC(C)(C)C)c1. The average molecular weight is 379 g/mol. The van der Waals surface area contributed by atoms with Gasteiger partial charge >= 0.3 is 12.1 Å². The van der Waals surface area contributed by atoms with Crippen LogP contribution in [0.1, 0.15) is 31.1 Å². The molecule has 0 unspecified atom stereocenters. The van der Waals surface area contributed by atoms with Crippen molar-refractivity contribution in [3.8, 4) is 0 Å². The van der Waals surface area contributed by atoms with Crippen LogP contribution in [0.25, 0.3) is 0 Å². The van der Waals surface area contributed by atoms with Crippen LogP contribution in [0, 0.1) is 0 Å². The van der Waals surface area contributed by atoms with Gasteiger partial charge in [0.15, 0.2) is 6.61 Å². The molecule has 0 bridgehead atoms. The first-order valence-corrected chi connectivity index (χ1v) is 8.23. The number of likely N-dealkylation sites (N-methyl/N-ethyl adjacent to an activating group) is 2. The molecule has 0 aliphatic heterocycles. The van der Waals surface area contributed by atoms with Gasteiger partial charge in [-0.15, -0.1) is 0 Å². The average Bonchev–Trinajstić information content (AvgIpc) is 2.57. The number of benzene rings is 1. The van der Waals surface area contributed by atoms with Crippen molar-refractivity contribution in [2.24, 2.45) is 0 Å². The van der Waals surface area contributed by atoms with Gasteiger partial charge in [0.1, 0.15) is 5.60 Å². The molecule has 1 rings (SSSR count). The number of esters is 1. The van der Waals surface area contributed by atoms with Gasteiger partial charge < -0.3 is 19.7 Å². The summed E-state index contributed by atoms with van der Waals surface area (Å²) in [5, 5.41) is 4.91. The highest BCUT2D eigenvalue weighted by Crippen LogP contribution is 2.14. The van der Waals surface area contributed by atoms with E-state index in [2.05, 4.69) is 10.6 Å². The van der Waals surface area contributed by atoms with Gasteiger partial charge in [0.25, 0.3) is 5.91 Å². The molecule has 1 aromatic rings. The molecule has 0 spiro atoms. The smallest absolute Gasteiger partial charge is 0.412 e. The fourth-order valence-electron chi connectivity index (χ4n) is 1.85. The van der Waals surface area contributed by atoms with Crippen LogP contribution in [0.4, 0.5) is 10.5 Å². The third kappa shape index (κ3) is 8.21. The van der Waals surface area contributed by atoms with E-state index in [0.29, 0.717) is 5.69 Å². The number of carbonyl (C=O) groups is 4. The zero-order valence-electron chi connectivity index (χ0n) is 16.1. The molecule has 0 saturated carbocycles. The van der Waals surface area contributed by atoms with Crippen LogP contribution in [0.3, 0.4) is 0 Å². The predicted octanol–water partition coefficient (Wildman–Crippen LogP) is 1.39. The quantitative estimate of drug-likeness (QED) is 0.722. The number of hydrogen-bond donors (Lipinski definition) is 2. The van der Waals surface area contributed by atoms with E-state index in [1.165, 1.54) is 26.2 Å². The lowest BCUT2D eigenvalue weighted by molar-refractivity contribution is -0.137. The molecule has 0 atom stereocenters. The summed E-state index contributed by atoms with van der Waals surface area (Å²) in [4.78, 5) is 48.1. The van der Waals surface area contributed by atoms with Gasteiger partial charge in [-0.25, -0.2) is 9.59 Å². The third-order valence-electron chi connectivity index (χ3n) is 3.16. The molecule has 0 aliphatic carbocycles. The summed E-state index contributed by atoms with van der Waals surface area (Å²) in [6, 6.07) is 6.04. The van der Waals surface area contributed by atoms with Crippen molar-refractivity contribution < 1.29 is 28.7 Å². The maximum absolute atomic E-state index is 12.1. The van der Waals surface area contributed by atoms with Crippen molar-refractivity contribution >= 4 is 29.6 Å². The maximum Gasteiger partial charge on any atom is 0.412 e. The minimum absolute atomic E-state index is 0.137. The van der Waals surface area contributed by atoms with Crippen molar-refractivity contribution in [2.75, 3.05) is 32.6 Å². The van der Waals surface area contributed by atoms with Crippen LogP contribution in [0.5, 0.6) is 0 Å². The highest BCUT2D eigenvalue weighted by atomic mass is 16.6. The number of anilines is 1. The Labute approximate surface area is 158 Å². The first kappa shape index (κ1) is 21.9. The molecular formula is C18H25N3O6. The van der Waals surface area contributed by atoms with Crippen LogP contribution in [0.15, 0.2) is 24.3 Å². The summed E-state index contributed by atoms with van der Waals surface area (Å²) in [7, 11) is 2.88. The van der Waals surface area contributed by atoms with Gasteiger partial charge in [0.2, 0.25) is 5.91 Å². The van der Waals surface area contributed by atoms with Crippen molar-refractivity contribution in [1.82, 2.24) is 10.2 Å². The Balaban J connectivity index is 2.62. The monoisotopic (exact) mass is 379 g/mol. The third-order valence-corrected chi connectivity index (χ3v) is 3.16. The number of nitrogens with zero attached hydrogens (tertiary/aromatic N) is 1. The summed E-state index contributed by atoms with van der Waals surface area (Å²) in [6.07, 6.45) is -0.654. The van der Waals surface area contributed by atoms with Crippen molar-refractivity contribution in [2.45, 2.75) is 26.4 Å². The number of rotatable bonds is 6. The molecule has 0 saturated heterocycles. The van der Waals surface area contributed by atoms with Gasteiger partial charge in [-0.2, -0.15) is 0 Å². The van der Waals surface area contributed by atoms with Gasteiger partial charge in [-0.3, -0.25) is 14.9 Å². The van der Waals surface area contributed by atoms with Gasteiger partial charge in [-0.1, -0.05) is 6.07 Å². The summed E-state index contributed by atoms with van der Waals surface area (Å²) >= 11 is 0. The molecule has 2 N–H and O–H groups in total. The van der Waals surface area contributed by atoms with Gasteiger partial charge in [0.05, 0.1) is 12.1 Å². The zero-order valence-corrected chi connectivity index (χ0v) is 16.1. The number of hydrogen-bond acceptors (Lipinski definition) is 6. The highest BCUT2D eigenvalue weighted by molar-refractivity contribution is 5.94. The largest absolute Gasteiger partial charge is 0.452 e. The lowest BCUT2D eigenvalue weighted by Crippen LogP contribution is -2.39. The van der Waals surface area contributed by atoms with E-state index in [4.69, 9.17) is 9.47 Å². The van der Waals surface area contributed by atoms with Crippen molar-refractivity contribution in [1.29, 1.82) is 0 Å². The Hall–Kier alpha value is -3.10. The van der Waals surface area contributed by atoms with Crippen LogP contribution in [0.2, 0.25) is 0 Å². The zero-order chi connectivity index (χ0) is 20.6. The molecule has 148 valence electrons. The molecule has 0 aromatic heterocycles.